The van der Waals surface area contributed by atoms with Crippen molar-refractivity contribution in [2.24, 2.45) is 0 Å². The molecule has 3 heteroatoms. The first-order valence-electron chi connectivity index (χ1n) is 5.04. The van der Waals surface area contributed by atoms with Gasteiger partial charge in [-0.15, -0.1) is 0 Å². The average molecular weight is 191 g/mol. The smallest absolute Gasteiger partial charge is 0.0597 e. The van der Waals surface area contributed by atoms with Crippen molar-refractivity contribution in [2.45, 2.75) is 25.8 Å². The fourth-order valence-electron chi connectivity index (χ4n) is 1.69. The Bertz CT molecular complexity index is 348. The number of rotatable bonds is 1. The van der Waals surface area contributed by atoms with Gasteiger partial charge in [-0.25, -0.2) is 0 Å². The molecule has 0 aromatic heterocycles. The monoisotopic (exact) mass is 191 g/mol. The van der Waals surface area contributed by atoms with Gasteiger partial charge in [0.1, 0.15) is 0 Å². The van der Waals surface area contributed by atoms with Gasteiger partial charge in [0, 0.05) is 12.2 Å². The van der Waals surface area contributed by atoms with Crippen molar-refractivity contribution in [3.8, 4) is 0 Å². The van der Waals surface area contributed by atoms with Gasteiger partial charge in [0.25, 0.3) is 0 Å². The summed E-state index contributed by atoms with van der Waals surface area (Å²) in [5.41, 5.74) is 8.93. The van der Waals surface area contributed by atoms with E-state index in [0.29, 0.717) is 0 Å². The lowest BCUT2D eigenvalue weighted by atomic mass is 9.95. The summed E-state index contributed by atoms with van der Waals surface area (Å²) in [4.78, 5) is 0. The van der Waals surface area contributed by atoms with Crippen molar-refractivity contribution < 1.29 is 0 Å². The predicted molar refractivity (Wildman–Crippen MR) is 61.7 cm³/mol. The summed E-state index contributed by atoms with van der Waals surface area (Å²) in [5, 5.41) is 6.93. The lowest BCUT2D eigenvalue weighted by Crippen LogP contribution is -2.44. The Balaban J connectivity index is 2.31. The van der Waals surface area contributed by atoms with E-state index in [-0.39, 0.29) is 5.54 Å². The molecule has 76 valence electrons. The second kappa shape index (κ2) is 3.08. The van der Waals surface area contributed by atoms with Gasteiger partial charge in [-0.2, -0.15) is 0 Å². The molecule has 1 aliphatic rings. The Hall–Kier alpha value is -1.38. The maximum absolute atomic E-state index is 5.71. The molecule has 1 atom stereocenters. The summed E-state index contributed by atoms with van der Waals surface area (Å²) < 4.78 is 0. The summed E-state index contributed by atoms with van der Waals surface area (Å²) in [5.74, 6) is 0. The van der Waals surface area contributed by atoms with Crippen LogP contribution in [0.1, 0.15) is 20.3 Å². The van der Waals surface area contributed by atoms with E-state index < -0.39 is 0 Å². The van der Waals surface area contributed by atoms with Crippen LogP contribution in [-0.4, -0.2) is 12.1 Å². The van der Waals surface area contributed by atoms with Gasteiger partial charge in [0.15, 0.2) is 0 Å². The fraction of sp³-hybridized carbons (Fsp3) is 0.455. The Morgan fingerprint density at radius 1 is 1.43 bits per heavy atom. The number of nitrogens with two attached hydrogens (primary N) is 1. The molecule has 0 bridgehead atoms. The standard InChI is InChI=1S/C11H17N3/c1-3-11(2)7-13-10-6-8(12)4-5-9(10)14-11/h4-6,13-14H,3,7,12H2,1-2H3. The number of nitrogens with one attached hydrogen (secondary N) is 2. The summed E-state index contributed by atoms with van der Waals surface area (Å²) in [6, 6.07) is 5.93. The molecule has 1 aromatic carbocycles. The highest BCUT2D eigenvalue weighted by Gasteiger charge is 2.26. The Morgan fingerprint density at radius 2 is 2.21 bits per heavy atom. The molecule has 0 radical (unpaired) electrons. The van der Waals surface area contributed by atoms with Crippen LogP contribution in [0.15, 0.2) is 18.2 Å². The van der Waals surface area contributed by atoms with Crippen molar-refractivity contribution in [1.82, 2.24) is 0 Å². The van der Waals surface area contributed by atoms with Crippen LogP contribution < -0.4 is 16.4 Å². The van der Waals surface area contributed by atoms with E-state index >= 15 is 0 Å². The van der Waals surface area contributed by atoms with Crippen LogP contribution in [0, 0.1) is 0 Å². The van der Waals surface area contributed by atoms with E-state index in [4.69, 9.17) is 5.73 Å². The summed E-state index contributed by atoms with van der Waals surface area (Å²) in [6.45, 7) is 5.36. The van der Waals surface area contributed by atoms with Gasteiger partial charge in [-0.3, -0.25) is 0 Å². The summed E-state index contributed by atoms with van der Waals surface area (Å²) in [7, 11) is 0. The molecule has 14 heavy (non-hydrogen) atoms. The maximum atomic E-state index is 5.71. The zero-order valence-electron chi connectivity index (χ0n) is 8.72. The number of anilines is 3. The second-order valence-electron chi connectivity index (χ2n) is 4.20. The van der Waals surface area contributed by atoms with Gasteiger partial charge in [0.2, 0.25) is 0 Å². The quantitative estimate of drug-likeness (QED) is 0.597. The molecule has 0 fully saturated rings. The Labute approximate surface area is 84.7 Å². The maximum Gasteiger partial charge on any atom is 0.0597 e. The normalized spacial score (nSPS) is 24.7. The molecule has 1 heterocycles. The van der Waals surface area contributed by atoms with Crippen molar-refractivity contribution in [3.05, 3.63) is 18.2 Å². The third kappa shape index (κ3) is 1.50. The number of fused-ring (bicyclic) bond motifs is 1. The molecular weight excluding hydrogens is 174 g/mol. The van der Waals surface area contributed by atoms with Gasteiger partial charge < -0.3 is 16.4 Å². The van der Waals surface area contributed by atoms with E-state index in [1.54, 1.807) is 0 Å². The highest BCUT2D eigenvalue weighted by Crippen LogP contribution is 2.32. The fourth-order valence-corrected chi connectivity index (χ4v) is 1.69. The first-order chi connectivity index (χ1) is 6.63. The van der Waals surface area contributed by atoms with Crippen LogP contribution in [0.4, 0.5) is 17.1 Å². The highest BCUT2D eigenvalue weighted by molar-refractivity contribution is 5.75. The van der Waals surface area contributed by atoms with Crippen molar-refractivity contribution in [2.75, 3.05) is 22.9 Å². The molecule has 0 saturated heterocycles. The van der Waals surface area contributed by atoms with Crippen molar-refractivity contribution >= 4 is 17.1 Å². The van der Waals surface area contributed by atoms with Crippen LogP contribution in [0.5, 0.6) is 0 Å². The van der Waals surface area contributed by atoms with Crippen LogP contribution in [0.25, 0.3) is 0 Å². The molecule has 1 aromatic rings. The van der Waals surface area contributed by atoms with Gasteiger partial charge in [0.05, 0.1) is 16.9 Å². The van der Waals surface area contributed by atoms with Crippen LogP contribution in [0.3, 0.4) is 0 Å². The van der Waals surface area contributed by atoms with Crippen LogP contribution in [-0.2, 0) is 0 Å². The largest absolute Gasteiger partial charge is 0.399 e. The van der Waals surface area contributed by atoms with Gasteiger partial charge >= 0.3 is 0 Å². The van der Waals surface area contributed by atoms with Crippen molar-refractivity contribution in [3.63, 3.8) is 0 Å². The number of nitrogen functional groups attached to an aromatic ring is 1. The minimum atomic E-state index is 0.156. The second-order valence-corrected chi connectivity index (χ2v) is 4.20. The molecule has 2 rings (SSSR count). The molecule has 1 aliphatic heterocycles. The van der Waals surface area contributed by atoms with E-state index in [1.807, 2.05) is 18.2 Å². The molecule has 0 amide bonds. The van der Waals surface area contributed by atoms with Crippen LogP contribution in [0.2, 0.25) is 0 Å². The molecule has 1 unspecified atom stereocenters. The summed E-state index contributed by atoms with van der Waals surface area (Å²) in [6.07, 6.45) is 1.10. The number of hydrogen-bond acceptors (Lipinski definition) is 3. The Morgan fingerprint density at radius 3 is 2.93 bits per heavy atom. The lowest BCUT2D eigenvalue weighted by molar-refractivity contribution is 0.514. The zero-order valence-corrected chi connectivity index (χ0v) is 8.72. The molecule has 4 N–H and O–H groups in total. The van der Waals surface area contributed by atoms with E-state index in [2.05, 4.69) is 24.5 Å². The number of hydrogen-bond donors (Lipinski definition) is 3. The van der Waals surface area contributed by atoms with E-state index in [0.717, 1.165) is 30.0 Å². The predicted octanol–water partition coefficient (Wildman–Crippen LogP) is 2.27. The average Bonchev–Trinajstić information content (AvgIpc) is 2.19. The van der Waals surface area contributed by atoms with E-state index in [9.17, 15) is 0 Å². The SMILES string of the molecule is CCC1(C)CNc2cc(N)ccc2N1. The summed E-state index contributed by atoms with van der Waals surface area (Å²) >= 11 is 0. The minimum Gasteiger partial charge on any atom is -0.399 e. The molecule has 3 nitrogen and oxygen atoms in total. The highest BCUT2D eigenvalue weighted by atomic mass is 15.1. The molecule has 0 aliphatic carbocycles. The topological polar surface area (TPSA) is 50.1 Å². The third-order valence-electron chi connectivity index (χ3n) is 2.93. The van der Waals surface area contributed by atoms with Gasteiger partial charge in [-0.1, -0.05) is 6.92 Å². The first-order valence-corrected chi connectivity index (χ1v) is 5.04. The molecule has 0 spiro atoms. The van der Waals surface area contributed by atoms with Crippen molar-refractivity contribution in [1.29, 1.82) is 0 Å². The van der Waals surface area contributed by atoms with E-state index in [1.165, 1.54) is 0 Å². The first kappa shape index (κ1) is 9.19. The number of benzene rings is 1. The molecule has 0 saturated carbocycles. The lowest BCUT2D eigenvalue weighted by Gasteiger charge is -2.37. The Kier molecular flexibility index (Phi) is 2.02. The van der Waals surface area contributed by atoms with Gasteiger partial charge in [-0.05, 0) is 31.5 Å². The minimum absolute atomic E-state index is 0.156. The van der Waals surface area contributed by atoms with Crippen LogP contribution >= 0.6 is 0 Å². The molecular formula is C11H17N3. The zero-order chi connectivity index (χ0) is 10.2. The third-order valence-corrected chi connectivity index (χ3v) is 2.93.